The van der Waals surface area contributed by atoms with E-state index in [4.69, 9.17) is 0 Å². The van der Waals surface area contributed by atoms with E-state index >= 15 is 0 Å². The molecule has 2 saturated heterocycles. The number of carbonyl (C=O) groups excluding carboxylic acids is 2. The van der Waals surface area contributed by atoms with Crippen LogP contribution in [0.2, 0.25) is 0 Å². The van der Waals surface area contributed by atoms with E-state index in [1.165, 1.54) is 4.90 Å². The molecule has 118 valence electrons. The molecule has 2 aliphatic rings. The van der Waals surface area contributed by atoms with E-state index in [1.54, 1.807) is 0 Å². The van der Waals surface area contributed by atoms with E-state index in [1.807, 2.05) is 18.7 Å². The molecule has 0 spiro atoms. The molecule has 1 atom stereocenters. The van der Waals surface area contributed by atoms with Crippen molar-refractivity contribution in [1.29, 1.82) is 0 Å². The van der Waals surface area contributed by atoms with Crippen LogP contribution in [0.1, 0.15) is 46.0 Å². The van der Waals surface area contributed by atoms with Crippen LogP contribution in [-0.2, 0) is 14.4 Å². The van der Waals surface area contributed by atoms with E-state index in [-0.39, 0.29) is 24.3 Å². The van der Waals surface area contributed by atoms with Gasteiger partial charge in [0.15, 0.2) is 0 Å². The predicted octanol–water partition coefficient (Wildman–Crippen LogP) is 1.10. The van der Waals surface area contributed by atoms with Gasteiger partial charge >= 0.3 is 5.97 Å². The number of piperidine rings is 1. The van der Waals surface area contributed by atoms with Crippen molar-refractivity contribution in [2.45, 2.75) is 52.0 Å². The Hall–Kier alpha value is -1.43. The zero-order valence-electron chi connectivity index (χ0n) is 12.8. The van der Waals surface area contributed by atoms with Gasteiger partial charge in [-0.05, 0) is 25.7 Å². The minimum atomic E-state index is -0.744. The molecule has 0 aromatic rings. The number of likely N-dealkylation sites (tertiary alicyclic amines) is 2. The molecule has 2 aliphatic heterocycles. The molecule has 0 aliphatic carbocycles. The summed E-state index contributed by atoms with van der Waals surface area (Å²) in [6, 6.07) is -0.382. The van der Waals surface area contributed by atoms with Crippen LogP contribution < -0.4 is 0 Å². The smallest absolute Gasteiger partial charge is 0.309 e. The molecule has 0 aromatic heterocycles. The third-order valence-electron chi connectivity index (χ3n) is 4.99. The number of hydrogen-bond acceptors (Lipinski definition) is 4. The molecule has 6 heteroatoms. The van der Waals surface area contributed by atoms with E-state index < -0.39 is 11.4 Å². The summed E-state index contributed by atoms with van der Waals surface area (Å²) >= 11 is 0. The molecule has 6 nitrogen and oxygen atoms in total. The molecule has 2 heterocycles. The predicted molar refractivity (Wildman–Crippen MR) is 76.6 cm³/mol. The van der Waals surface area contributed by atoms with Crippen LogP contribution in [0.15, 0.2) is 0 Å². The van der Waals surface area contributed by atoms with Gasteiger partial charge < -0.3 is 5.11 Å². The van der Waals surface area contributed by atoms with Gasteiger partial charge in [-0.2, -0.15) is 0 Å². The highest BCUT2D eigenvalue weighted by atomic mass is 16.4. The van der Waals surface area contributed by atoms with Gasteiger partial charge in [0, 0.05) is 19.6 Å². The van der Waals surface area contributed by atoms with Crippen molar-refractivity contribution >= 4 is 17.8 Å². The molecular formula is C15H24N2O4. The van der Waals surface area contributed by atoms with E-state index in [0.717, 1.165) is 6.42 Å². The summed E-state index contributed by atoms with van der Waals surface area (Å²) in [6.07, 6.45) is 2.71. The maximum Gasteiger partial charge on any atom is 0.309 e. The van der Waals surface area contributed by atoms with Crippen molar-refractivity contribution in [3.8, 4) is 0 Å². The van der Waals surface area contributed by atoms with Crippen molar-refractivity contribution in [2.75, 3.05) is 19.6 Å². The standard InChI is InChI=1S/C15H24N2O4/c1-3-7-17-12(18)10-11(13(17)19)16-8-5-15(4-2,6-9-16)14(20)21/h11H,3-10H2,1-2H3,(H,20,21). The number of carbonyl (C=O) groups is 3. The Labute approximate surface area is 125 Å². The van der Waals surface area contributed by atoms with Crippen LogP contribution in [-0.4, -0.2) is 58.4 Å². The Kier molecular flexibility index (Phi) is 4.66. The first kappa shape index (κ1) is 15.9. The Morgan fingerprint density at radius 1 is 1.29 bits per heavy atom. The second-order valence-corrected chi connectivity index (χ2v) is 6.08. The summed E-state index contributed by atoms with van der Waals surface area (Å²) in [5.41, 5.74) is -0.661. The third-order valence-corrected chi connectivity index (χ3v) is 4.99. The minimum absolute atomic E-state index is 0.0996. The molecule has 0 aromatic carbocycles. The Balaban J connectivity index is 2.01. The average Bonchev–Trinajstić information content (AvgIpc) is 2.75. The van der Waals surface area contributed by atoms with Gasteiger partial charge in [-0.1, -0.05) is 13.8 Å². The zero-order valence-corrected chi connectivity index (χ0v) is 12.8. The topological polar surface area (TPSA) is 77.9 Å². The molecule has 21 heavy (non-hydrogen) atoms. The Morgan fingerprint density at radius 2 is 1.90 bits per heavy atom. The molecule has 2 amide bonds. The SMILES string of the molecule is CCCN1C(=O)CC(N2CCC(CC)(C(=O)O)CC2)C1=O. The number of amides is 2. The van der Waals surface area contributed by atoms with Crippen LogP contribution in [0.25, 0.3) is 0 Å². The second kappa shape index (κ2) is 6.13. The highest BCUT2D eigenvalue weighted by Gasteiger charge is 2.46. The zero-order chi connectivity index (χ0) is 15.6. The lowest BCUT2D eigenvalue weighted by molar-refractivity contribution is -0.153. The van der Waals surface area contributed by atoms with E-state index in [9.17, 15) is 19.5 Å². The molecule has 2 rings (SSSR count). The molecule has 0 radical (unpaired) electrons. The van der Waals surface area contributed by atoms with Crippen LogP contribution in [0.5, 0.6) is 0 Å². The third kappa shape index (κ3) is 2.81. The summed E-state index contributed by atoms with van der Waals surface area (Å²) in [7, 11) is 0. The summed E-state index contributed by atoms with van der Waals surface area (Å²) < 4.78 is 0. The first-order chi connectivity index (χ1) is 9.95. The van der Waals surface area contributed by atoms with Crippen molar-refractivity contribution in [1.82, 2.24) is 9.80 Å². The summed E-state index contributed by atoms with van der Waals surface area (Å²) in [5, 5.41) is 9.40. The largest absolute Gasteiger partial charge is 0.481 e. The van der Waals surface area contributed by atoms with E-state index in [0.29, 0.717) is 38.9 Å². The van der Waals surface area contributed by atoms with Gasteiger partial charge in [0.05, 0.1) is 17.9 Å². The number of imide groups is 1. The minimum Gasteiger partial charge on any atom is -0.481 e. The quantitative estimate of drug-likeness (QED) is 0.769. The molecule has 1 unspecified atom stereocenters. The average molecular weight is 296 g/mol. The van der Waals surface area contributed by atoms with Crippen LogP contribution in [0.4, 0.5) is 0 Å². The Bertz CT molecular complexity index is 441. The van der Waals surface area contributed by atoms with Crippen molar-refractivity contribution < 1.29 is 19.5 Å². The molecule has 0 saturated carbocycles. The number of nitrogens with zero attached hydrogens (tertiary/aromatic N) is 2. The maximum absolute atomic E-state index is 12.3. The summed E-state index contributed by atoms with van der Waals surface area (Å²) in [6.45, 7) is 5.47. The first-order valence-electron chi connectivity index (χ1n) is 7.77. The number of carboxylic acid groups (broad SMARTS) is 1. The van der Waals surface area contributed by atoms with Gasteiger partial charge in [0.2, 0.25) is 11.8 Å². The molecule has 0 bridgehead atoms. The van der Waals surface area contributed by atoms with Crippen molar-refractivity contribution in [2.24, 2.45) is 5.41 Å². The first-order valence-corrected chi connectivity index (χ1v) is 7.77. The highest BCUT2D eigenvalue weighted by molar-refractivity contribution is 6.05. The number of aliphatic carboxylic acids is 1. The summed E-state index contributed by atoms with van der Waals surface area (Å²) in [4.78, 5) is 39.0. The van der Waals surface area contributed by atoms with Crippen LogP contribution in [0, 0.1) is 5.41 Å². The number of hydrogen-bond donors (Lipinski definition) is 1. The molecular weight excluding hydrogens is 272 g/mol. The van der Waals surface area contributed by atoms with Gasteiger partial charge in [-0.15, -0.1) is 0 Å². The monoisotopic (exact) mass is 296 g/mol. The lowest BCUT2D eigenvalue weighted by Gasteiger charge is -2.40. The number of carboxylic acids is 1. The number of rotatable bonds is 5. The van der Waals surface area contributed by atoms with Gasteiger partial charge in [-0.3, -0.25) is 24.2 Å². The van der Waals surface area contributed by atoms with E-state index in [2.05, 4.69) is 0 Å². The molecule has 1 N–H and O–H groups in total. The van der Waals surface area contributed by atoms with Gasteiger partial charge in [-0.25, -0.2) is 0 Å². The fourth-order valence-electron chi connectivity index (χ4n) is 3.39. The van der Waals surface area contributed by atoms with Crippen LogP contribution in [0.3, 0.4) is 0 Å². The lowest BCUT2D eigenvalue weighted by Crippen LogP contribution is -2.50. The summed E-state index contributed by atoms with van der Waals surface area (Å²) in [5.74, 6) is -0.954. The fourth-order valence-corrected chi connectivity index (χ4v) is 3.39. The van der Waals surface area contributed by atoms with Gasteiger partial charge in [0.25, 0.3) is 0 Å². The Morgan fingerprint density at radius 3 is 2.38 bits per heavy atom. The van der Waals surface area contributed by atoms with Crippen molar-refractivity contribution in [3.63, 3.8) is 0 Å². The van der Waals surface area contributed by atoms with Crippen molar-refractivity contribution in [3.05, 3.63) is 0 Å². The normalized spacial score (nSPS) is 26.4. The van der Waals surface area contributed by atoms with Gasteiger partial charge in [0.1, 0.15) is 0 Å². The lowest BCUT2D eigenvalue weighted by atomic mass is 9.76. The fraction of sp³-hybridized carbons (Fsp3) is 0.800. The highest BCUT2D eigenvalue weighted by Crippen LogP contribution is 2.36. The molecule has 2 fully saturated rings. The van der Waals surface area contributed by atoms with Crippen LogP contribution >= 0.6 is 0 Å². The second-order valence-electron chi connectivity index (χ2n) is 6.08. The maximum atomic E-state index is 12.3.